The van der Waals surface area contributed by atoms with Crippen LogP contribution in [0.5, 0.6) is 5.75 Å². The fourth-order valence-corrected chi connectivity index (χ4v) is 3.43. The first-order valence-corrected chi connectivity index (χ1v) is 8.70. The fraction of sp³-hybridized carbons (Fsp3) is 0.235. The van der Waals surface area contributed by atoms with E-state index >= 15 is 0 Å². The number of ether oxygens (including phenoxy) is 1. The van der Waals surface area contributed by atoms with E-state index < -0.39 is 5.97 Å². The largest absolute Gasteiger partial charge is 0.485 e. The molecule has 1 N–H and O–H groups in total. The van der Waals surface area contributed by atoms with Gasteiger partial charge in [-0.2, -0.15) is 0 Å². The summed E-state index contributed by atoms with van der Waals surface area (Å²) in [7, 11) is 0. The molecule has 0 saturated carbocycles. The lowest BCUT2D eigenvalue weighted by Crippen LogP contribution is -2.07. The Morgan fingerprint density at radius 2 is 1.83 bits per heavy atom. The van der Waals surface area contributed by atoms with E-state index in [1.807, 2.05) is 26.8 Å². The lowest BCUT2D eigenvalue weighted by atomic mass is 10.2. The van der Waals surface area contributed by atoms with Gasteiger partial charge in [0.2, 0.25) is 0 Å². The van der Waals surface area contributed by atoms with Crippen LogP contribution in [0.15, 0.2) is 27.2 Å². The van der Waals surface area contributed by atoms with Crippen LogP contribution in [0, 0.1) is 20.8 Å². The summed E-state index contributed by atoms with van der Waals surface area (Å²) < 4.78 is 7.44. The number of aliphatic carboxylic acids is 1. The number of rotatable bonds is 5. The quantitative estimate of drug-likeness (QED) is 0.666. The third-order valence-corrected chi connectivity index (χ3v) is 4.42. The second kappa shape index (κ2) is 7.90. The van der Waals surface area contributed by atoms with Gasteiger partial charge in [-0.15, -0.1) is 0 Å². The Morgan fingerprint density at radius 3 is 2.50 bits per heavy atom. The molecule has 0 aliphatic heterocycles. The van der Waals surface area contributed by atoms with Crippen molar-refractivity contribution in [3.05, 3.63) is 55.5 Å². The van der Waals surface area contributed by atoms with Crippen molar-refractivity contribution in [3.63, 3.8) is 0 Å². The Balaban J connectivity index is 2.32. The van der Waals surface area contributed by atoms with Crippen LogP contribution in [-0.2, 0) is 11.4 Å². The molecule has 0 amide bonds. The van der Waals surface area contributed by atoms with Crippen molar-refractivity contribution in [2.75, 3.05) is 0 Å². The monoisotopic (exact) mass is 454 g/mol. The first-order valence-electron chi connectivity index (χ1n) is 7.11. The molecule has 0 bridgehead atoms. The van der Waals surface area contributed by atoms with Crippen molar-refractivity contribution in [2.45, 2.75) is 27.4 Å². The second-order valence-corrected chi connectivity index (χ2v) is 6.96. The average molecular weight is 456 g/mol. The van der Waals surface area contributed by atoms with Gasteiger partial charge in [0.25, 0.3) is 0 Å². The van der Waals surface area contributed by atoms with E-state index in [9.17, 15) is 4.79 Å². The molecule has 0 unspecified atom stereocenters. The van der Waals surface area contributed by atoms with Crippen molar-refractivity contribution in [3.8, 4) is 5.75 Å². The lowest BCUT2D eigenvalue weighted by Gasteiger charge is -2.13. The Labute approximate surface area is 157 Å². The molecule has 5 nitrogen and oxygen atoms in total. The molecule has 0 spiro atoms. The summed E-state index contributed by atoms with van der Waals surface area (Å²) in [6.07, 6.45) is 2.56. The Kier molecular flexibility index (Phi) is 6.12. The van der Waals surface area contributed by atoms with E-state index in [2.05, 4.69) is 41.8 Å². The number of benzene rings is 1. The fourth-order valence-electron chi connectivity index (χ4n) is 2.06. The maximum Gasteiger partial charge on any atom is 0.328 e. The van der Waals surface area contributed by atoms with Crippen LogP contribution in [-0.4, -0.2) is 21.0 Å². The van der Waals surface area contributed by atoms with Crippen LogP contribution >= 0.6 is 31.9 Å². The predicted octanol–water partition coefficient (Wildman–Crippen LogP) is 4.60. The van der Waals surface area contributed by atoms with Gasteiger partial charge in [-0.3, -0.25) is 9.97 Å². The van der Waals surface area contributed by atoms with Gasteiger partial charge in [-0.25, -0.2) is 4.79 Å². The number of hydrogen-bond acceptors (Lipinski definition) is 4. The van der Waals surface area contributed by atoms with Gasteiger partial charge in [0.05, 0.1) is 27.2 Å². The minimum atomic E-state index is -1.02. The highest BCUT2D eigenvalue weighted by Crippen LogP contribution is 2.34. The standard InChI is InChI=1S/C17H16Br2N2O3/c1-9-10(2)21-15(11(3)20-9)8-24-17-12(4-5-16(22)23)6-13(18)7-14(17)19/h4-7H,8H2,1-3H3,(H,22,23)/b5-4+. The molecule has 126 valence electrons. The van der Waals surface area contributed by atoms with E-state index in [0.717, 1.165) is 37.8 Å². The van der Waals surface area contributed by atoms with Crippen LogP contribution in [0.25, 0.3) is 6.08 Å². The molecule has 24 heavy (non-hydrogen) atoms. The second-order valence-electron chi connectivity index (χ2n) is 5.19. The Bertz CT molecular complexity index is 820. The zero-order valence-electron chi connectivity index (χ0n) is 13.4. The highest BCUT2D eigenvalue weighted by Gasteiger charge is 2.12. The SMILES string of the molecule is Cc1nc(C)c(COc2c(Br)cc(Br)cc2/C=C/C(=O)O)nc1C. The first kappa shape index (κ1) is 18.6. The Hall–Kier alpha value is -1.73. The number of carboxylic acids is 1. The van der Waals surface area contributed by atoms with E-state index in [-0.39, 0.29) is 6.61 Å². The van der Waals surface area contributed by atoms with Crippen molar-refractivity contribution in [2.24, 2.45) is 0 Å². The minimum Gasteiger partial charge on any atom is -0.485 e. The number of carboxylic acid groups (broad SMARTS) is 1. The molecular weight excluding hydrogens is 440 g/mol. The van der Waals surface area contributed by atoms with Gasteiger partial charge in [0.15, 0.2) is 0 Å². The first-order chi connectivity index (χ1) is 11.3. The number of hydrogen-bond donors (Lipinski definition) is 1. The van der Waals surface area contributed by atoms with E-state index in [0.29, 0.717) is 11.3 Å². The number of aromatic nitrogens is 2. The van der Waals surface area contributed by atoms with E-state index in [1.165, 1.54) is 6.08 Å². The van der Waals surface area contributed by atoms with Crippen molar-refractivity contribution >= 4 is 43.9 Å². The zero-order chi connectivity index (χ0) is 17.9. The van der Waals surface area contributed by atoms with Crippen LogP contribution in [0.1, 0.15) is 28.3 Å². The zero-order valence-corrected chi connectivity index (χ0v) is 16.6. The van der Waals surface area contributed by atoms with Gasteiger partial charge in [-0.05, 0) is 54.9 Å². The third kappa shape index (κ3) is 4.64. The summed E-state index contributed by atoms with van der Waals surface area (Å²) >= 11 is 6.84. The van der Waals surface area contributed by atoms with Gasteiger partial charge < -0.3 is 9.84 Å². The van der Waals surface area contributed by atoms with E-state index in [4.69, 9.17) is 9.84 Å². The number of halogens is 2. The molecule has 0 saturated heterocycles. The van der Waals surface area contributed by atoms with Crippen molar-refractivity contribution in [1.29, 1.82) is 0 Å². The normalized spacial score (nSPS) is 11.0. The molecule has 0 fully saturated rings. The Morgan fingerprint density at radius 1 is 1.17 bits per heavy atom. The predicted molar refractivity (Wildman–Crippen MR) is 99.1 cm³/mol. The molecule has 0 aliphatic carbocycles. The molecule has 2 rings (SSSR count). The van der Waals surface area contributed by atoms with E-state index in [1.54, 1.807) is 6.07 Å². The van der Waals surface area contributed by atoms with Gasteiger partial charge >= 0.3 is 5.97 Å². The molecular formula is C17H16Br2N2O3. The van der Waals surface area contributed by atoms with Crippen LogP contribution < -0.4 is 4.74 Å². The van der Waals surface area contributed by atoms with Gasteiger partial charge in [0, 0.05) is 16.1 Å². The summed E-state index contributed by atoms with van der Waals surface area (Å²) in [5.74, 6) is -0.469. The number of aryl methyl sites for hydroxylation is 3. The third-order valence-electron chi connectivity index (χ3n) is 3.38. The number of nitrogens with zero attached hydrogens (tertiary/aromatic N) is 2. The topological polar surface area (TPSA) is 72.3 Å². The maximum atomic E-state index is 10.8. The molecule has 1 aromatic carbocycles. The summed E-state index contributed by atoms with van der Waals surface area (Å²) in [5.41, 5.74) is 3.97. The maximum absolute atomic E-state index is 10.8. The van der Waals surface area contributed by atoms with Crippen molar-refractivity contribution < 1.29 is 14.6 Å². The molecule has 0 radical (unpaired) electrons. The summed E-state index contributed by atoms with van der Waals surface area (Å²) in [6.45, 7) is 5.95. The van der Waals surface area contributed by atoms with Crippen LogP contribution in [0.4, 0.5) is 0 Å². The summed E-state index contributed by atoms with van der Waals surface area (Å²) in [4.78, 5) is 19.7. The molecule has 0 atom stereocenters. The molecule has 2 aromatic rings. The van der Waals surface area contributed by atoms with Crippen LogP contribution in [0.3, 0.4) is 0 Å². The molecule has 1 heterocycles. The van der Waals surface area contributed by atoms with Gasteiger partial charge in [0.1, 0.15) is 12.4 Å². The lowest BCUT2D eigenvalue weighted by molar-refractivity contribution is -0.131. The van der Waals surface area contributed by atoms with Crippen LogP contribution in [0.2, 0.25) is 0 Å². The number of carbonyl (C=O) groups is 1. The molecule has 1 aromatic heterocycles. The van der Waals surface area contributed by atoms with Crippen molar-refractivity contribution in [1.82, 2.24) is 9.97 Å². The van der Waals surface area contributed by atoms with Gasteiger partial charge in [-0.1, -0.05) is 15.9 Å². The highest BCUT2D eigenvalue weighted by atomic mass is 79.9. The molecule has 0 aliphatic rings. The smallest absolute Gasteiger partial charge is 0.328 e. The summed E-state index contributed by atoms with van der Waals surface area (Å²) in [5, 5.41) is 8.84. The minimum absolute atomic E-state index is 0.244. The highest BCUT2D eigenvalue weighted by molar-refractivity contribution is 9.11. The average Bonchev–Trinajstić information content (AvgIpc) is 2.48. The summed E-state index contributed by atoms with van der Waals surface area (Å²) in [6, 6.07) is 3.63. The molecule has 7 heteroatoms.